The topological polar surface area (TPSA) is 69.4 Å². The van der Waals surface area contributed by atoms with Gasteiger partial charge in [0.2, 0.25) is 0 Å². The average Bonchev–Trinajstić information content (AvgIpc) is 3.10. The SMILES string of the molecule is CCOc1ccc(OCC(O)Cn2nccc2-c2ccncc2)cc1. The Labute approximate surface area is 146 Å². The summed E-state index contributed by atoms with van der Waals surface area (Å²) in [4.78, 5) is 4.02. The lowest BCUT2D eigenvalue weighted by atomic mass is 10.2. The summed E-state index contributed by atoms with van der Waals surface area (Å²) in [6.45, 7) is 3.10. The summed E-state index contributed by atoms with van der Waals surface area (Å²) in [6, 6.07) is 13.1. The van der Waals surface area contributed by atoms with Crippen LogP contribution in [0.4, 0.5) is 0 Å². The zero-order chi connectivity index (χ0) is 17.5. The molecule has 1 aromatic carbocycles. The maximum absolute atomic E-state index is 10.3. The molecule has 6 nitrogen and oxygen atoms in total. The van der Waals surface area contributed by atoms with Crippen LogP contribution < -0.4 is 9.47 Å². The fourth-order valence-electron chi connectivity index (χ4n) is 2.49. The van der Waals surface area contributed by atoms with Crippen LogP contribution in [0.1, 0.15) is 6.92 Å². The van der Waals surface area contributed by atoms with Gasteiger partial charge in [-0.1, -0.05) is 0 Å². The number of aliphatic hydroxyl groups excluding tert-OH is 1. The van der Waals surface area contributed by atoms with Crippen LogP contribution in [0, 0.1) is 0 Å². The molecule has 0 amide bonds. The minimum absolute atomic E-state index is 0.184. The highest BCUT2D eigenvalue weighted by atomic mass is 16.5. The third kappa shape index (κ3) is 4.58. The van der Waals surface area contributed by atoms with Gasteiger partial charge in [0.15, 0.2) is 0 Å². The van der Waals surface area contributed by atoms with Crippen LogP contribution in [0.3, 0.4) is 0 Å². The summed E-state index contributed by atoms with van der Waals surface area (Å²) in [5.74, 6) is 1.49. The van der Waals surface area contributed by atoms with Crippen molar-refractivity contribution in [2.24, 2.45) is 0 Å². The van der Waals surface area contributed by atoms with Crippen LogP contribution in [0.5, 0.6) is 11.5 Å². The predicted molar refractivity (Wildman–Crippen MR) is 94.6 cm³/mol. The molecule has 2 heterocycles. The Bertz CT molecular complexity index is 772. The first-order valence-corrected chi connectivity index (χ1v) is 8.22. The summed E-state index contributed by atoms with van der Waals surface area (Å²) < 4.78 is 12.8. The Morgan fingerprint density at radius 3 is 2.32 bits per heavy atom. The van der Waals surface area contributed by atoms with Gasteiger partial charge in [0.1, 0.15) is 24.2 Å². The Morgan fingerprint density at radius 2 is 1.64 bits per heavy atom. The van der Waals surface area contributed by atoms with Gasteiger partial charge in [-0.15, -0.1) is 0 Å². The lowest BCUT2D eigenvalue weighted by Crippen LogP contribution is -2.24. The molecule has 0 radical (unpaired) electrons. The number of hydrogen-bond acceptors (Lipinski definition) is 5. The first-order chi connectivity index (χ1) is 12.3. The molecule has 2 aromatic heterocycles. The number of pyridine rings is 1. The van der Waals surface area contributed by atoms with Gasteiger partial charge < -0.3 is 14.6 Å². The van der Waals surface area contributed by atoms with Crippen molar-refractivity contribution in [1.82, 2.24) is 14.8 Å². The zero-order valence-corrected chi connectivity index (χ0v) is 14.1. The second-order valence-electron chi connectivity index (χ2n) is 5.50. The molecule has 25 heavy (non-hydrogen) atoms. The normalized spacial score (nSPS) is 11.9. The van der Waals surface area contributed by atoms with Gasteiger partial charge in [-0.3, -0.25) is 9.67 Å². The first-order valence-electron chi connectivity index (χ1n) is 8.22. The summed E-state index contributed by atoms with van der Waals surface area (Å²) in [5.41, 5.74) is 1.94. The van der Waals surface area contributed by atoms with Crippen molar-refractivity contribution in [2.75, 3.05) is 13.2 Å². The van der Waals surface area contributed by atoms with Gasteiger partial charge in [0.25, 0.3) is 0 Å². The molecule has 6 heteroatoms. The molecule has 1 unspecified atom stereocenters. The van der Waals surface area contributed by atoms with E-state index in [0.717, 1.165) is 17.0 Å². The Hall–Kier alpha value is -2.86. The molecule has 3 rings (SSSR count). The fraction of sp³-hybridized carbons (Fsp3) is 0.263. The summed E-state index contributed by atoms with van der Waals surface area (Å²) in [7, 11) is 0. The van der Waals surface area contributed by atoms with Crippen LogP contribution in [-0.2, 0) is 6.54 Å². The smallest absolute Gasteiger partial charge is 0.119 e. The fourth-order valence-corrected chi connectivity index (χ4v) is 2.49. The molecule has 1 atom stereocenters. The Balaban J connectivity index is 1.56. The molecule has 3 aromatic rings. The average molecular weight is 339 g/mol. The second-order valence-corrected chi connectivity index (χ2v) is 5.50. The molecular weight excluding hydrogens is 318 g/mol. The quantitative estimate of drug-likeness (QED) is 0.683. The molecule has 0 saturated carbocycles. The van der Waals surface area contributed by atoms with E-state index in [1.54, 1.807) is 23.3 Å². The van der Waals surface area contributed by atoms with E-state index in [0.29, 0.717) is 18.9 Å². The maximum Gasteiger partial charge on any atom is 0.119 e. The van der Waals surface area contributed by atoms with E-state index in [-0.39, 0.29) is 6.61 Å². The van der Waals surface area contributed by atoms with Crippen LogP contribution in [0.25, 0.3) is 11.3 Å². The molecule has 130 valence electrons. The molecule has 0 aliphatic carbocycles. The minimum Gasteiger partial charge on any atom is -0.494 e. The number of nitrogens with zero attached hydrogens (tertiary/aromatic N) is 3. The highest BCUT2D eigenvalue weighted by Gasteiger charge is 2.11. The summed E-state index contributed by atoms with van der Waals surface area (Å²) >= 11 is 0. The molecule has 0 spiro atoms. The van der Waals surface area contributed by atoms with Crippen LogP contribution in [0.15, 0.2) is 61.1 Å². The van der Waals surface area contributed by atoms with Gasteiger partial charge in [-0.25, -0.2) is 0 Å². The molecule has 0 saturated heterocycles. The Kier molecular flexibility index (Phi) is 5.64. The van der Waals surface area contributed by atoms with Crippen molar-refractivity contribution in [3.05, 3.63) is 61.1 Å². The van der Waals surface area contributed by atoms with Crippen molar-refractivity contribution in [2.45, 2.75) is 19.6 Å². The van der Waals surface area contributed by atoms with Crippen molar-refractivity contribution < 1.29 is 14.6 Å². The number of rotatable bonds is 8. The summed E-state index contributed by atoms with van der Waals surface area (Å²) in [6.07, 6.45) is 4.51. The van der Waals surface area contributed by atoms with Crippen LogP contribution in [0.2, 0.25) is 0 Å². The number of aliphatic hydroxyl groups is 1. The van der Waals surface area contributed by atoms with E-state index in [2.05, 4.69) is 10.1 Å². The van der Waals surface area contributed by atoms with Crippen molar-refractivity contribution in [3.63, 3.8) is 0 Å². The minimum atomic E-state index is -0.674. The molecular formula is C19H21N3O3. The number of benzene rings is 1. The van der Waals surface area contributed by atoms with Crippen LogP contribution >= 0.6 is 0 Å². The largest absolute Gasteiger partial charge is 0.494 e. The van der Waals surface area contributed by atoms with Gasteiger partial charge in [-0.05, 0) is 49.4 Å². The Morgan fingerprint density at radius 1 is 0.960 bits per heavy atom. The van der Waals surface area contributed by atoms with E-state index in [1.165, 1.54) is 0 Å². The molecule has 0 aliphatic rings. The first kappa shape index (κ1) is 17.0. The van der Waals surface area contributed by atoms with E-state index in [9.17, 15) is 5.11 Å². The third-order valence-electron chi connectivity index (χ3n) is 3.65. The highest BCUT2D eigenvalue weighted by molar-refractivity contribution is 5.58. The molecule has 0 bridgehead atoms. The van der Waals surface area contributed by atoms with Gasteiger partial charge in [0, 0.05) is 24.2 Å². The third-order valence-corrected chi connectivity index (χ3v) is 3.65. The van der Waals surface area contributed by atoms with E-state index < -0.39 is 6.10 Å². The molecule has 0 fully saturated rings. The van der Waals surface area contributed by atoms with Crippen LogP contribution in [-0.4, -0.2) is 39.2 Å². The van der Waals surface area contributed by atoms with E-state index in [4.69, 9.17) is 9.47 Å². The van der Waals surface area contributed by atoms with Crippen molar-refractivity contribution >= 4 is 0 Å². The van der Waals surface area contributed by atoms with Crippen molar-refractivity contribution in [1.29, 1.82) is 0 Å². The van der Waals surface area contributed by atoms with E-state index >= 15 is 0 Å². The monoisotopic (exact) mass is 339 g/mol. The number of hydrogen-bond donors (Lipinski definition) is 1. The predicted octanol–water partition coefficient (Wildman–Crippen LogP) is 2.78. The zero-order valence-electron chi connectivity index (χ0n) is 14.1. The maximum atomic E-state index is 10.3. The second kappa shape index (κ2) is 8.30. The molecule has 0 aliphatic heterocycles. The number of aromatic nitrogens is 3. The lowest BCUT2D eigenvalue weighted by Gasteiger charge is -2.14. The summed E-state index contributed by atoms with van der Waals surface area (Å²) in [5, 5.41) is 14.6. The highest BCUT2D eigenvalue weighted by Crippen LogP contribution is 2.19. The molecule has 1 N–H and O–H groups in total. The van der Waals surface area contributed by atoms with Gasteiger partial charge in [-0.2, -0.15) is 5.10 Å². The number of ether oxygens (including phenoxy) is 2. The van der Waals surface area contributed by atoms with E-state index in [1.807, 2.05) is 49.4 Å². The lowest BCUT2D eigenvalue weighted by molar-refractivity contribution is 0.0897. The standard InChI is InChI=1S/C19H21N3O3/c1-2-24-17-3-5-18(6-4-17)25-14-16(23)13-22-19(9-12-21-22)15-7-10-20-11-8-15/h3-12,16,23H,2,13-14H2,1H3. The van der Waals surface area contributed by atoms with Gasteiger partial charge in [0.05, 0.1) is 18.8 Å². The van der Waals surface area contributed by atoms with Gasteiger partial charge >= 0.3 is 0 Å². The van der Waals surface area contributed by atoms with Crippen molar-refractivity contribution in [3.8, 4) is 22.8 Å².